The van der Waals surface area contributed by atoms with Gasteiger partial charge in [-0.05, 0) is 42.4 Å². The number of carbonyl (C=O) groups excluding carboxylic acids is 3. The summed E-state index contributed by atoms with van der Waals surface area (Å²) in [5.41, 5.74) is 7.09. The number of benzene rings is 2. The van der Waals surface area contributed by atoms with Gasteiger partial charge in [-0.25, -0.2) is 4.79 Å². The molecule has 0 unspecified atom stereocenters. The Morgan fingerprint density at radius 3 is 2.38 bits per heavy atom. The molecular formula is C24H28ClN3O4. The highest BCUT2D eigenvalue weighted by molar-refractivity contribution is 6.31. The quantitative estimate of drug-likeness (QED) is 0.592. The van der Waals surface area contributed by atoms with Crippen LogP contribution in [0.2, 0.25) is 5.02 Å². The molecule has 1 heterocycles. The zero-order valence-electron chi connectivity index (χ0n) is 17.8. The molecule has 1 aliphatic heterocycles. The van der Waals surface area contributed by atoms with Gasteiger partial charge in [-0.15, -0.1) is 0 Å². The minimum absolute atomic E-state index is 0.181. The van der Waals surface area contributed by atoms with E-state index >= 15 is 0 Å². The van der Waals surface area contributed by atoms with Crippen LogP contribution in [0.25, 0.3) is 0 Å². The van der Waals surface area contributed by atoms with E-state index in [1.165, 1.54) is 5.56 Å². The van der Waals surface area contributed by atoms with E-state index in [9.17, 15) is 14.4 Å². The van der Waals surface area contributed by atoms with Gasteiger partial charge in [0.1, 0.15) is 0 Å². The topological polar surface area (TPSA) is 102 Å². The predicted molar refractivity (Wildman–Crippen MR) is 122 cm³/mol. The van der Waals surface area contributed by atoms with E-state index in [4.69, 9.17) is 22.1 Å². The SMILES string of the molecule is NC(=O)N[C@@H](CC(=O)OCC(=O)N1CCC(Cc2ccccc2)CC1)c1ccccc1Cl. The fraction of sp³-hybridized carbons (Fsp3) is 0.375. The molecule has 0 aromatic heterocycles. The molecule has 1 fully saturated rings. The summed E-state index contributed by atoms with van der Waals surface area (Å²) in [5, 5.41) is 2.90. The summed E-state index contributed by atoms with van der Waals surface area (Å²) in [6.45, 7) is 0.979. The van der Waals surface area contributed by atoms with Crippen molar-refractivity contribution in [3.05, 3.63) is 70.7 Å². The number of carbonyl (C=O) groups is 3. The second-order valence-electron chi connectivity index (χ2n) is 7.96. The fourth-order valence-electron chi connectivity index (χ4n) is 3.96. The molecule has 0 spiro atoms. The molecule has 0 radical (unpaired) electrons. The van der Waals surface area contributed by atoms with Crippen LogP contribution in [0.1, 0.15) is 36.4 Å². The van der Waals surface area contributed by atoms with Crippen LogP contribution in [0.4, 0.5) is 4.79 Å². The Bertz CT molecular complexity index is 930. The highest BCUT2D eigenvalue weighted by atomic mass is 35.5. The number of nitrogens with one attached hydrogen (secondary N) is 1. The molecule has 170 valence electrons. The highest BCUT2D eigenvalue weighted by Gasteiger charge is 2.25. The number of nitrogens with zero attached hydrogens (tertiary/aromatic N) is 1. The number of amides is 3. The van der Waals surface area contributed by atoms with E-state index in [-0.39, 0.29) is 18.9 Å². The van der Waals surface area contributed by atoms with Gasteiger partial charge in [-0.3, -0.25) is 9.59 Å². The normalized spacial score (nSPS) is 15.1. The Hall–Kier alpha value is -3.06. The van der Waals surface area contributed by atoms with Crippen molar-refractivity contribution >= 4 is 29.5 Å². The first-order valence-electron chi connectivity index (χ1n) is 10.7. The molecule has 3 rings (SSSR count). The Labute approximate surface area is 192 Å². The van der Waals surface area contributed by atoms with Gasteiger partial charge in [-0.1, -0.05) is 60.1 Å². The second-order valence-corrected chi connectivity index (χ2v) is 8.37. The van der Waals surface area contributed by atoms with Crippen molar-refractivity contribution in [1.82, 2.24) is 10.2 Å². The van der Waals surface area contributed by atoms with Crippen molar-refractivity contribution in [3.8, 4) is 0 Å². The molecular weight excluding hydrogens is 430 g/mol. The number of hydrogen-bond donors (Lipinski definition) is 2. The smallest absolute Gasteiger partial charge is 0.312 e. The van der Waals surface area contributed by atoms with Crippen LogP contribution < -0.4 is 11.1 Å². The number of rotatable bonds is 8. The average Bonchev–Trinajstić information content (AvgIpc) is 2.78. The van der Waals surface area contributed by atoms with Crippen molar-refractivity contribution < 1.29 is 19.1 Å². The van der Waals surface area contributed by atoms with E-state index in [0.717, 1.165) is 19.3 Å². The Kier molecular flexibility index (Phi) is 8.50. The zero-order chi connectivity index (χ0) is 22.9. The van der Waals surface area contributed by atoms with Crippen LogP contribution in [0, 0.1) is 5.92 Å². The molecule has 2 aromatic rings. The van der Waals surface area contributed by atoms with Gasteiger partial charge >= 0.3 is 12.0 Å². The number of primary amides is 1. The Morgan fingerprint density at radius 1 is 1.06 bits per heavy atom. The van der Waals surface area contributed by atoms with Crippen molar-refractivity contribution in [3.63, 3.8) is 0 Å². The molecule has 1 aliphatic rings. The first-order valence-corrected chi connectivity index (χ1v) is 11.1. The molecule has 3 N–H and O–H groups in total. The Balaban J connectivity index is 1.45. The lowest BCUT2D eigenvalue weighted by molar-refractivity contribution is -0.153. The van der Waals surface area contributed by atoms with Crippen molar-refractivity contribution in [2.24, 2.45) is 11.7 Å². The minimum Gasteiger partial charge on any atom is -0.455 e. The molecule has 1 atom stereocenters. The molecule has 0 bridgehead atoms. The molecule has 0 saturated carbocycles. The average molecular weight is 458 g/mol. The molecule has 32 heavy (non-hydrogen) atoms. The summed E-state index contributed by atoms with van der Waals surface area (Å²) in [7, 11) is 0. The van der Waals surface area contributed by atoms with Crippen LogP contribution in [0.15, 0.2) is 54.6 Å². The lowest BCUT2D eigenvalue weighted by Gasteiger charge is -2.32. The number of halogens is 1. The van der Waals surface area contributed by atoms with Crippen LogP contribution in [0.5, 0.6) is 0 Å². The third kappa shape index (κ3) is 6.99. The number of urea groups is 1. The number of ether oxygens (including phenoxy) is 1. The molecule has 8 heteroatoms. The second kappa shape index (κ2) is 11.5. The maximum Gasteiger partial charge on any atom is 0.312 e. The van der Waals surface area contributed by atoms with E-state index in [1.54, 1.807) is 29.2 Å². The van der Waals surface area contributed by atoms with Gasteiger partial charge in [0.25, 0.3) is 5.91 Å². The summed E-state index contributed by atoms with van der Waals surface area (Å²) in [4.78, 5) is 37.9. The van der Waals surface area contributed by atoms with Gasteiger partial charge in [0.15, 0.2) is 6.61 Å². The van der Waals surface area contributed by atoms with Crippen LogP contribution in [0.3, 0.4) is 0 Å². The molecule has 0 aliphatic carbocycles. The standard InChI is InChI=1S/C24H28ClN3O4/c25-20-9-5-4-8-19(20)21(27-24(26)31)15-23(30)32-16-22(29)28-12-10-18(11-13-28)14-17-6-2-1-3-7-17/h1-9,18,21H,10-16H2,(H3,26,27,31)/t21-/m0/s1. The van der Waals surface area contributed by atoms with Crippen molar-refractivity contribution in [1.29, 1.82) is 0 Å². The summed E-state index contributed by atoms with van der Waals surface area (Å²) < 4.78 is 5.19. The maximum absolute atomic E-state index is 12.5. The summed E-state index contributed by atoms with van der Waals surface area (Å²) >= 11 is 6.17. The van der Waals surface area contributed by atoms with Gasteiger partial charge in [0, 0.05) is 18.1 Å². The van der Waals surface area contributed by atoms with Gasteiger partial charge in [0.05, 0.1) is 12.5 Å². The number of hydrogen-bond acceptors (Lipinski definition) is 4. The largest absolute Gasteiger partial charge is 0.455 e. The molecule has 2 aromatic carbocycles. The third-order valence-electron chi connectivity index (χ3n) is 5.66. The number of piperidine rings is 1. The number of nitrogens with two attached hydrogens (primary N) is 1. The van der Waals surface area contributed by atoms with Crippen LogP contribution in [-0.2, 0) is 20.7 Å². The number of esters is 1. The van der Waals surface area contributed by atoms with Crippen LogP contribution >= 0.6 is 11.6 Å². The fourth-order valence-corrected chi connectivity index (χ4v) is 4.23. The molecule has 3 amide bonds. The zero-order valence-corrected chi connectivity index (χ0v) is 18.6. The van der Waals surface area contributed by atoms with Gasteiger partial charge in [-0.2, -0.15) is 0 Å². The molecule has 7 nitrogen and oxygen atoms in total. The highest BCUT2D eigenvalue weighted by Crippen LogP contribution is 2.25. The summed E-state index contributed by atoms with van der Waals surface area (Å²) in [6.07, 6.45) is 2.67. The van der Waals surface area contributed by atoms with Gasteiger partial charge < -0.3 is 20.7 Å². The first kappa shape index (κ1) is 23.6. The van der Waals surface area contributed by atoms with E-state index in [0.29, 0.717) is 29.6 Å². The van der Waals surface area contributed by atoms with E-state index in [2.05, 4.69) is 17.4 Å². The predicted octanol–water partition coefficient (Wildman–Crippen LogP) is 3.46. The van der Waals surface area contributed by atoms with E-state index in [1.807, 2.05) is 18.2 Å². The summed E-state index contributed by atoms with van der Waals surface area (Å²) in [6, 6.07) is 15.7. The molecule has 1 saturated heterocycles. The lowest BCUT2D eigenvalue weighted by Crippen LogP contribution is -2.41. The van der Waals surface area contributed by atoms with Crippen LogP contribution in [-0.4, -0.2) is 42.5 Å². The maximum atomic E-state index is 12.5. The third-order valence-corrected chi connectivity index (χ3v) is 6.00. The van der Waals surface area contributed by atoms with E-state index < -0.39 is 18.0 Å². The lowest BCUT2D eigenvalue weighted by atomic mass is 9.90. The summed E-state index contributed by atoms with van der Waals surface area (Å²) in [5.74, 6) is -0.287. The van der Waals surface area contributed by atoms with Gasteiger partial charge in [0.2, 0.25) is 0 Å². The first-order chi connectivity index (χ1) is 15.4. The minimum atomic E-state index is -0.780. The van der Waals surface area contributed by atoms with Crippen molar-refractivity contribution in [2.75, 3.05) is 19.7 Å². The van der Waals surface area contributed by atoms with Crippen molar-refractivity contribution in [2.45, 2.75) is 31.7 Å². The number of likely N-dealkylation sites (tertiary alicyclic amines) is 1. The monoisotopic (exact) mass is 457 g/mol. The Morgan fingerprint density at radius 2 is 1.72 bits per heavy atom.